The molecule has 1 aliphatic heterocycles. The third-order valence-electron chi connectivity index (χ3n) is 4.61. The van der Waals surface area contributed by atoms with Crippen LogP contribution in [-0.2, 0) is 0 Å². The van der Waals surface area contributed by atoms with E-state index in [4.69, 9.17) is 4.42 Å². The summed E-state index contributed by atoms with van der Waals surface area (Å²) in [5, 5.41) is 5.77. The fraction of sp³-hybridized carbons (Fsp3) is 0.400. The van der Waals surface area contributed by atoms with E-state index in [-0.39, 0.29) is 17.7 Å². The Morgan fingerprint density at radius 1 is 1.07 bits per heavy atom. The molecule has 7 nitrogen and oxygen atoms in total. The van der Waals surface area contributed by atoms with Crippen LogP contribution in [0.3, 0.4) is 0 Å². The molecule has 1 aliphatic rings. The fourth-order valence-electron chi connectivity index (χ4n) is 3.01. The van der Waals surface area contributed by atoms with Crippen molar-refractivity contribution in [2.45, 2.75) is 19.8 Å². The zero-order valence-electron chi connectivity index (χ0n) is 15.6. The summed E-state index contributed by atoms with van der Waals surface area (Å²) in [5.41, 5.74) is 1.80. The molecule has 144 valence electrons. The van der Waals surface area contributed by atoms with Crippen LogP contribution in [0.1, 0.15) is 30.3 Å². The van der Waals surface area contributed by atoms with Crippen molar-refractivity contribution in [1.82, 2.24) is 10.2 Å². The molecule has 0 spiro atoms. The van der Waals surface area contributed by atoms with Crippen LogP contribution in [0.4, 0.5) is 16.2 Å². The van der Waals surface area contributed by atoms with Gasteiger partial charge >= 0.3 is 6.03 Å². The van der Waals surface area contributed by atoms with Crippen molar-refractivity contribution in [1.29, 1.82) is 0 Å². The van der Waals surface area contributed by atoms with Gasteiger partial charge in [0.1, 0.15) is 0 Å². The standard InChI is InChI=1S/C20H26N4O3/c1-2-3-10-21-20(26)24-13-11-23(12-14-24)17-8-6-16(7-9-17)22-19(25)18-5-4-15-27-18/h4-9,15H,2-3,10-14H2,1H3,(H,21,26)(H,22,25). The quantitative estimate of drug-likeness (QED) is 0.766. The third kappa shape index (κ3) is 5.03. The van der Waals surface area contributed by atoms with Crippen LogP contribution < -0.4 is 15.5 Å². The van der Waals surface area contributed by atoms with Crippen LogP contribution >= 0.6 is 0 Å². The molecular formula is C20H26N4O3. The Balaban J connectivity index is 1.48. The Morgan fingerprint density at radius 3 is 2.44 bits per heavy atom. The maximum atomic E-state index is 12.1. The van der Waals surface area contributed by atoms with Crippen LogP contribution in [0, 0.1) is 0 Å². The lowest BCUT2D eigenvalue weighted by molar-refractivity contribution is 0.0996. The number of amides is 3. The highest BCUT2D eigenvalue weighted by Gasteiger charge is 2.21. The number of anilines is 2. The van der Waals surface area contributed by atoms with Crippen LogP contribution in [0.15, 0.2) is 47.1 Å². The van der Waals surface area contributed by atoms with Gasteiger partial charge in [0.2, 0.25) is 0 Å². The summed E-state index contributed by atoms with van der Waals surface area (Å²) in [5.74, 6) is 0.0165. The lowest BCUT2D eigenvalue weighted by atomic mass is 10.2. The Labute approximate surface area is 159 Å². The van der Waals surface area contributed by atoms with Gasteiger partial charge in [-0.1, -0.05) is 13.3 Å². The Kier molecular flexibility index (Phi) is 6.35. The van der Waals surface area contributed by atoms with Gasteiger partial charge < -0.3 is 24.9 Å². The van der Waals surface area contributed by atoms with Crippen molar-refractivity contribution in [2.75, 3.05) is 42.9 Å². The van der Waals surface area contributed by atoms with E-state index < -0.39 is 0 Å². The lowest BCUT2D eigenvalue weighted by Gasteiger charge is -2.36. The number of furan rings is 1. The minimum atomic E-state index is -0.268. The smallest absolute Gasteiger partial charge is 0.317 e. The number of rotatable bonds is 6. The molecule has 27 heavy (non-hydrogen) atoms. The van der Waals surface area contributed by atoms with Gasteiger partial charge in [0, 0.05) is 44.1 Å². The van der Waals surface area contributed by atoms with E-state index in [1.54, 1.807) is 12.1 Å². The minimum absolute atomic E-state index is 0.0269. The molecule has 2 aromatic rings. The predicted molar refractivity (Wildman–Crippen MR) is 105 cm³/mol. The number of benzene rings is 1. The molecule has 1 aromatic heterocycles. The second-order valence-electron chi connectivity index (χ2n) is 6.54. The SMILES string of the molecule is CCCCNC(=O)N1CCN(c2ccc(NC(=O)c3ccco3)cc2)CC1. The van der Waals surface area contributed by atoms with Gasteiger partial charge in [0.05, 0.1) is 6.26 Å². The van der Waals surface area contributed by atoms with Crippen LogP contribution in [0.25, 0.3) is 0 Å². The summed E-state index contributed by atoms with van der Waals surface area (Å²) < 4.78 is 5.09. The molecule has 2 N–H and O–H groups in total. The average molecular weight is 370 g/mol. The Morgan fingerprint density at radius 2 is 1.81 bits per heavy atom. The molecule has 0 unspecified atom stereocenters. The second-order valence-corrected chi connectivity index (χ2v) is 6.54. The summed E-state index contributed by atoms with van der Waals surface area (Å²) in [7, 11) is 0. The number of carbonyl (C=O) groups excluding carboxylic acids is 2. The molecule has 3 rings (SSSR count). The number of nitrogens with zero attached hydrogens (tertiary/aromatic N) is 2. The summed E-state index contributed by atoms with van der Waals surface area (Å²) >= 11 is 0. The highest BCUT2D eigenvalue weighted by molar-refractivity contribution is 6.02. The summed E-state index contributed by atoms with van der Waals surface area (Å²) in [4.78, 5) is 28.2. The maximum Gasteiger partial charge on any atom is 0.317 e. The molecule has 0 aliphatic carbocycles. The number of urea groups is 1. The van der Waals surface area contributed by atoms with E-state index in [2.05, 4.69) is 22.5 Å². The van der Waals surface area contributed by atoms with E-state index in [0.717, 1.165) is 38.2 Å². The number of unbranched alkanes of at least 4 members (excludes halogenated alkanes) is 1. The van der Waals surface area contributed by atoms with E-state index in [1.807, 2.05) is 29.2 Å². The van der Waals surface area contributed by atoms with Crippen molar-refractivity contribution in [3.63, 3.8) is 0 Å². The molecule has 0 atom stereocenters. The van der Waals surface area contributed by atoms with E-state index in [1.165, 1.54) is 6.26 Å². The first kappa shape index (κ1) is 18.8. The maximum absolute atomic E-state index is 12.1. The molecule has 1 aromatic carbocycles. The topological polar surface area (TPSA) is 77.8 Å². The fourth-order valence-corrected chi connectivity index (χ4v) is 3.01. The summed E-state index contributed by atoms with van der Waals surface area (Å²) in [6.07, 6.45) is 3.56. The van der Waals surface area contributed by atoms with Gasteiger partial charge in [-0.15, -0.1) is 0 Å². The normalized spacial score (nSPS) is 14.1. The average Bonchev–Trinajstić information content (AvgIpc) is 3.24. The van der Waals surface area contributed by atoms with Crippen molar-refractivity contribution in [3.8, 4) is 0 Å². The molecule has 1 fully saturated rings. The number of hydrogen-bond donors (Lipinski definition) is 2. The largest absolute Gasteiger partial charge is 0.459 e. The monoisotopic (exact) mass is 370 g/mol. The third-order valence-corrected chi connectivity index (χ3v) is 4.61. The molecule has 0 radical (unpaired) electrons. The Bertz CT molecular complexity index is 735. The molecular weight excluding hydrogens is 344 g/mol. The molecule has 1 saturated heterocycles. The number of nitrogens with one attached hydrogen (secondary N) is 2. The Hall–Kier alpha value is -2.96. The van der Waals surface area contributed by atoms with Crippen molar-refractivity contribution in [2.24, 2.45) is 0 Å². The van der Waals surface area contributed by atoms with E-state index >= 15 is 0 Å². The van der Waals surface area contributed by atoms with Gasteiger partial charge in [0.25, 0.3) is 5.91 Å². The summed E-state index contributed by atoms with van der Waals surface area (Å²) in [6.45, 7) is 5.84. The van der Waals surface area contributed by atoms with Crippen molar-refractivity contribution >= 4 is 23.3 Å². The molecule has 2 heterocycles. The minimum Gasteiger partial charge on any atom is -0.459 e. The van der Waals surface area contributed by atoms with Crippen LogP contribution in [0.5, 0.6) is 0 Å². The number of carbonyl (C=O) groups is 2. The van der Waals surface area contributed by atoms with Gasteiger partial charge in [-0.05, 0) is 42.8 Å². The van der Waals surface area contributed by atoms with Gasteiger partial charge in [-0.2, -0.15) is 0 Å². The zero-order valence-corrected chi connectivity index (χ0v) is 15.6. The van der Waals surface area contributed by atoms with Gasteiger partial charge in [-0.3, -0.25) is 4.79 Å². The first-order chi connectivity index (χ1) is 13.2. The van der Waals surface area contributed by atoms with Gasteiger partial charge in [0.15, 0.2) is 5.76 Å². The van der Waals surface area contributed by atoms with E-state index in [9.17, 15) is 9.59 Å². The summed E-state index contributed by atoms with van der Waals surface area (Å²) in [6, 6.07) is 11.0. The molecule has 0 bridgehead atoms. The number of hydrogen-bond acceptors (Lipinski definition) is 4. The molecule has 0 saturated carbocycles. The highest BCUT2D eigenvalue weighted by Crippen LogP contribution is 2.20. The zero-order chi connectivity index (χ0) is 19.1. The van der Waals surface area contributed by atoms with E-state index in [0.29, 0.717) is 18.8 Å². The van der Waals surface area contributed by atoms with Crippen molar-refractivity contribution in [3.05, 3.63) is 48.4 Å². The van der Waals surface area contributed by atoms with Gasteiger partial charge in [-0.25, -0.2) is 4.79 Å². The molecule has 7 heteroatoms. The lowest BCUT2D eigenvalue weighted by Crippen LogP contribution is -2.52. The first-order valence-corrected chi connectivity index (χ1v) is 9.40. The highest BCUT2D eigenvalue weighted by atomic mass is 16.3. The van der Waals surface area contributed by atoms with Crippen LogP contribution in [0.2, 0.25) is 0 Å². The first-order valence-electron chi connectivity index (χ1n) is 9.40. The van der Waals surface area contributed by atoms with Crippen LogP contribution in [-0.4, -0.2) is 49.6 Å². The predicted octanol–water partition coefficient (Wildman–Crippen LogP) is 3.16. The molecule has 3 amide bonds. The van der Waals surface area contributed by atoms with Crippen molar-refractivity contribution < 1.29 is 14.0 Å². The second kappa shape index (κ2) is 9.12. The number of piperazine rings is 1.